The van der Waals surface area contributed by atoms with Gasteiger partial charge < -0.3 is 34.4 Å². The van der Waals surface area contributed by atoms with Crippen molar-refractivity contribution in [2.45, 2.75) is 58.4 Å². The molecule has 0 radical (unpaired) electrons. The van der Waals surface area contributed by atoms with Crippen LogP contribution in [0.2, 0.25) is 0 Å². The van der Waals surface area contributed by atoms with Gasteiger partial charge in [0.1, 0.15) is 6.61 Å². The second-order valence-corrected chi connectivity index (χ2v) is 10.4. The van der Waals surface area contributed by atoms with Crippen molar-refractivity contribution >= 4 is 24.7 Å². The maximum absolute atomic E-state index is 13.4. The number of pyridine rings is 2. The Morgan fingerprint density at radius 2 is 1.86 bits per heavy atom. The van der Waals surface area contributed by atoms with Crippen LogP contribution in [-0.4, -0.2) is 47.9 Å². The number of carbonyl (C=O) groups excluding carboxylic acids is 1. The lowest BCUT2D eigenvalue weighted by atomic mass is 9.86. The third-order valence-electron chi connectivity index (χ3n) is 6.64. The van der Waals surface area contributed by atoms with Crippen LogP contribution in [0.3, 0.4) is 0 Å². The number of aromatic nitrogens is 2. The molecule has 37 heavy (non-hydrogen) atoms. The number of phosphoric acid groups is 1. The van der Waals surface area contributed by atoms with Gasteiger partial charge in [0.2, 0.25) is 0 Å². The molecule has 0 fully saturated rings. The number of nitrogens with zero attached hydrogens (tertiary/aromatic N) is 2. The first kappa shape index (κ1) is 27.1. The zero-order valence-electron chi connectivity index (χ0n) is 20.8. The first-order valence-electron chi connectivity index (χ1n) is 11.9. The summed E-state index contributed by atoms with van der Waals surface area (Å²) in [6.45, 7) is 7.07. The Morgan fingerprint density at radius 1 is 1.19 bits per heavy atom. The topological polar surface area (TPSA) is 171 Å². The minimum atomic E-state index is -4.64. The summed E-state index contributed by atoms with van der Waals surface area (Å²) in [7, 11) is -4.64. The molecule has 198 valence electrons. The van der Waals surface area contributed by atoms with Gasteiger partial charge in [-0.2, -0.15) is 0 Å². The highest BCUT2D eigenvalue weighted by Crippen LogP contribution is 2.40. The van der Waals surface area contributed by atoms with Crippen LogP contribution in [0.4, 0.5) is 0 Å². The number of carbonyl (C=O) groups is 1. The van der Waals surface area contributed by atoms with E-state index in [0.29, 0.717) is 29.4 Å². The molecular formula is C25H30N3O8P. The normalized spacial score (nSPS) is 18.1. The number of rotatable bonds is 5. The molecule has 5 rings (SSSR count). The van der Waals surface area contributed by atoms with E-state index in [9.17, 15) is 14.7 Å². The van der Waals surface area contributed by atoms with Gasteiger partial charge in [0, 0.05) is 22.6 Å². The third kappa shape index (κ3) is 5.24. The summed E-state index contributed by atoms with van der Waals surface area (Å²) >= 11 is 0. The van der Waals surface area contributed by atoms with Gasteiger partial charge in [0.25, 0.3) is 5.56 Å². The van der Waals surface area contributed by atoms with E-state index in [2.05, 4.69) is 25.2 Å². The van der Waals surface area contributed by atoms with E-state index in [1.807, 2.05) is 18.2 Å². The Kier molecular flexibility index (Phi) is 7.40. The lowest BCUT2D eigenvalue weighted by molar-refractivity contribution is -0.172. The number of hydrogen-bond donors (Lipinski definition) is 5. The number of ether oxygens (including phenoxy) is 1. The van der Waals surface area contributed by atoms with Crippen molar-refractivity contribution in [3.05, 3.63) is 62.9 Å². The fraction of sp³-hybridized carbons (Fsp3) is 0.400. The van der Waals surface area contributed by atoms with E-state index in [1.54, 1.807) is 17.6 Å². The molecule has 0 bridgehead atoms. The third-order valence-corrected chi connectivity index (χ3v) is 6.64. The summed E-state index contributed by atoms with van der Waals surface area (Å²) in [5.41, 5.74) is 3.12. The summed E-state index contributed by atoms with van der Waals surface area (Å²) in [5.74, 6) is -0.706. The van der Waals surface area contributed by atoms with E-state index in [0.717, 1.165) is 35.1 Å². The summed E-state index contributed by atoms with van der Waals surface area (Å²) < 4.78 is 15.7. The van der Waals surface area contributed by atoms with Crippen molar-refractivity contribution in [2.75, 3.05) is 6.54 Å². The van der Waals surface area contributed by atoms with Gasteiger partial charge in [-0.05, 0) is 37.1 Å². The number of aliphatic hydroxyl groups is 1. The molecular weight excluding hydrogens is 501 g/mol. The molecule has 2 aromatic heterocycles. The van der Waals surface area contributed by atoms with E-state index < -0.39 is 19.4 Å². The zero-order valence-corrected chi connectivity index (χ0v) is 21.7. The van der Waals surface area contributed by atoms with Crippen molar-refractivity contribution in [3.8, 4) is 11.4 Å². The number of para-hydroxylation sites is 1. The van der Waals surface area contributed by atoms with Crippen LogP contribution >= 0.6 is 7.82 Å². The molecule has 0 unspecified atom stereocenters. The van der Waals surface area contributed by atoms with Gasteiger partial charge in [-0.15, -0.1) is 0 Å². The van der Waals surface area contributed by atoms with Crippen LogP contribution in [0.15, 0.2) is 35.1 Å². The molecule has 2 aliphatic rings. The van der Waals surface area contributed by atoms with Crippen LogP contribution in [0.1, 0.15) is 49.4 Å². The zero-order chi connectivity index (χ0) is 27.1. The smallest absolute Gasteiger partial charge is 0.458 e. The van der Waals surface area contributed by atoms with Crippen LogP contribution in [0.5, 0.6) is 0 Å². The van der Waals surface area contributed by atoms with Crippen molar-refractivity contribution in [3.63, 3.8) is 0 Å². The molecule has 0 aliphatic carbocycles. The quantitative estimate of drug-likeness (QED) is 0.189. The lowest BCUT2D eigenvalue weighted by Gasteiger charge is -2.31. The number of cyclic esters (lactones) is 1. The molecule has 5 N–H and O–H groups in total. The molecule has 2 aliphatic heterocycles. The van der Waals surface area contributed by atoms with E-state index in [-0.39, 0.29) is 18.6 Å². The largest absolute Gasteiger partial charge is 0.466 e. The molecule has 11 nitrogen and oxygen atoms in total. The molecule has 3 aromatic rings. The van der Waals surface area contributed by atoms with Crippen LogP contribution in [0.25, 0.3) is 22.3 Å². The average Bonchev–Trinajstić information content (AvgIpc) is 3.19. The fourth-order valence-corrected chi connectivity index (χ4v) is 4.88. The maximum Gasteiger partial charge on any atom is 0.466 e. The maximum atomic E-state index is 13.4. The molecule has 1 aromatic carbocycles. The minimum absolute atomic E-state index is 0.119. The molecule has 0 saturated carbocycles. The van der Waals surface area contributed by atoms with Crippen molar-refractivity contribution in [1.29, 1.82) is 0 Å². The van der Waals surface area contributed by atoms with E-state index in [4.69, 9.17) is 29.0 Å². The van der Waals surface area contributed by atoms with Gasteiger partial charge >= 0.3 is 13.8 Å². The molecule has 0 saturated heterocycles. The van der Waals surface area contributed by atoms with Gasteiger partial charge in [-0.1, -0.05) is 39.0 Å². The molecule has 12 heteroatoms. The molecule has 4 heterocycles. The predicted octanol–water partition coefficient (Wildman–Crippen LogP) is 1.69. The first-order valence-corrected chi connectivity index (χ1v) is 13.5. The number of fused-ring (bicyclic) bond motifs is 5. The lowest BCUT2D eigenvalue weighted by Crippen LogP contribution is -2.44. The second-order valence-electron chi connectivity index (χ2n) is 9.41. The Hall–Kier alpha value is -2.92. The first-order chi connectivity index (χ1) is 17.3. The average molecular weight is 532 g/mol. The summed E-state index contributed by atoms with van der Waals surface area (Å²) in [6.07, 6.45) is 0.943. The van der Waals surface area contributed by atoms with Crippen LogP contribution in [-0.2, 0) is 39.3 Å². The van der Waals surface area contributed by atoms with Crippen molar-refractivity contribution < 1.29 is 33.9 Å². The molecule has 1 atom stereocenters. The minimum Gasteiger partial charge on any atom is -0.458 e. The van der Waals surface area contributed by atoms with Gasteiger partial charge in [0.15, 0.2) is 5.60 Å². The number of nitrogens with one attached hydrogen (secondary N) is 1. The number of esters is 1. The molecule has 0 amide bonds. The fourth-order valence-electron chi connectivity index (χ4n) is 4.88. The number of hydrogen-bond acceptors (Lipinski definition) is 7. The van der Waals surface area contributed by atoms with Crippen LogP contribution in [0, 0.1) is 0 Å². The highest BCUT2D eigenvalue weighted by Gasteiger charge is 2.45. The Balaban J connectivity index is 0.000000586. The number of benzene rings is 1. The van der Waals surface area contributed by atoms with Gasteiger partial charge in [-0.3, -0.25) is 4.79 Å². The highest BCUT2D eigenvalue weighted by molar-refractivity contribution is 7.45. The highest BCUT2D eigenvalue weighted by atomic mass is 31.2. The Morgan fingerprint density at radius 3 is 2.51 bits per heavy atom. The van der Waals surface area contributed by atoms with E-state index in [1.165, 1.54) is 5.56 Å². The Labute approximate surface area is 213 Å². The predicted molar refractivity (Wildman–Crippen MR) is 136 cm³/mol. The SMILES string of the molecule is CC[C@@]1(O)C(=O)OCc2c1cc1n(c2=O)Cc2c-1nc1ccccc1c2CCNC(C)C.O=P(O)(O)O. The Bertz CT molecular complexity index is 1470. The van der Waals surface area contributed by atoms with Gasteiger partial charge in [0.05, 0.1) is 29.0 Å². The van der Waals surface area contributed by atoms with Crippen LogP contribution < -0.4 is 10.9 Å². The standard InChI is InChI=1S/C25H27N3O4.H3O4P/c1-4-25(31)19-11-21-22-17(12-28(21)23(29)18(19)13-32-24(25)30)15(9-10-26-14(2)3)16-7-5-6-8-20(16)27-22;1-5(2,3)4/h5-8,11,14,26,31H,4,9-10,12-13H2,1-3H3;(H3,1,2,3,4)/t25-;/m0./s1. The monoisotopic (exact) mass is 531 g/mol. The summed E-state index contributed by atoms with van der Waals surface area (Å²) in [6, 6.07) is 10.2. The van der Waals surface area contributed by atoms with Crippen molar-refractivity contribution in [2.24, 2.45) is 0 Å². The van der Waals surface area contributed by atoms with E-state index >= 15 is 0 Å². The summed E-state index contributed by atoms with van der Waals surface area (Å²) in [5, 5.41) is 15.6. The molecule has 0 spiro atoms. The van der Waals surface area contributed by atoms with Gasteiger partial charge in [-0.25, -0.2) is 14.3 Å². The van der Waals surface area contributed by atoms with Crippen molar-refractivity contribution in [1.82, 2.24) is 14.9 Å². The second kappa shape index (κ2) is 10.1. The summed E-state index contributed by atoms with van der Waals surface area (Å²) in [4.78, 5) is 52.2.